The van der Waals surface area contributed by atoms with E-state index in [-0.39, 0.29) is 29.0 Å². The number of carbonyl (C=O) groups excluding carboxylic acids is 2. The van der Waals surface area contributed by atoms with Crippen molar-refractivity contribution in [3.05, 3.63) is 28.6 Å². The van der Waals surface area contributed by atoms with E-state index in [1.807, 2.05) is 5.41 Å². The van der Waals surface area contributed by atoms with E-state index in [0.29, 0.717) is 11.3 Å². The molecular formula is C20H28N7O5S3+. The fourth-order valence-electron chi connectivity index (χ4n) is 3.15. The SMILES string of the molecule is CCON=C(C(=O)NC1C(=O)N2C(C(=O)O)=C(C=CSCC[N+](C)(C)C)CS[C@H]12)c1nsc(N)n1. The predicted molar refractivity (Wildman–Crippen MR) is 137 cm³/mol. The molecule has 3 heterocycles. The molecule has 1 aromatic heterocycles. The van der Waals surface area contributed by atoms with Crippen molar-refractivity contribution in [1.82, 2.24) is 19.6 Å². The van der Waals surface area contributed by atoms with Crippen molar-refractivity contribution in [3.8, 4) is 0 Å². The minimum Gasteiger partial charge on any atom is -0.477 e. The Morgan fingerprint density at radius 1 is 1.43 bits per heavy atom. The van der Waals surface area contributed by atoms with Crippen molar-refractivity contribution in [1.29, 1.82) is 0 Å². The molecule has 15 heteroatoms. The Morgan fingerprint density at radius 2 is 2.17 bits per heavy atom. The number of hydrogen-bond donors (Lipinski definition) is 3. The minimum atomic E-state index is -1.19. The Kier molecular flexibility index (Phi) is 8.79. The first kappa shape index (κ1) is 27.0. The van der Waals surface area contributed by atoms with Crippen molar-refractivity contribution >= 4 is 63.7 Å². The lowest BCUT2D eigenvalue weighted by molar-refractivity contribution is -0.867. The molecule has 0 bridgehead atoms. The van der Waals surface area contributed by atoms with Crippen LogP contribution in [0, 0.1) is 0 Å². The molecule has 2 aliphatic rings. The zero-order valence-electron chi connectivity index (χ0n) is 19.8. The Hall–Kier alpha value is -2.62. The number of nitrogens with two attached hydrogens (primary N) is 1. The molecule has 0 aliphatic carbocycles. The smallest absolute Gasteiger partial charge is 0.352 e. The van der Waals surface area contributed by atoms with E-state index in [0.717, 1.165) is 28.3 Å². The number of aromatic nitrogens is 2. The van der Waals surface area contributed by atoms with E-state index < -0.39 is 29.2 Å². The number of hydrogen-bond acceptors (Lipinski definition) is 11. The summed E-state index contributed by atoms with van der Waals surface area (Å²) in [5.41, 5.74) is 5.88. The molecule has 1 saturated heterocycles. The number of anilines is 1. The van der Waals surface area contributed by atoms with E-state index in [9.17, 15) is 19.5 Å². The Labute approximate surface area is 215 Å². The molecule has 2 aliphatic heterocycles. The Morgan fingerprint density at radius 3 is 2.77 bits per heavy atom. The van der Waals surface area contributed by atoms with Crippen LogP contribution in [0.25, 0.3) is 0 Å². The third kappa shape index (κ3) is 6.54. The third-order valence-electron chi connectivity index (χ3n) is 4.89. The summed E-state index contributed by atoms with van der Waals surface area (Å²) in [5, 5.41) is 17.6. The van der Waals surface area contributed by atoms with Crippen LogP contribution >= 0.6 is 35.1 Å². The highest BCUT2D eigenvalue weighted by molar-refractivity contribution is 8.02. The van der Waals surface area contributed by atoms with Crippen LogP contribution in [0.5, 0.6) is 0 Å². The first-order valence-electron chi connectivity index (χ1n) is 10.6. The molecule has 190 valence electrons. The second-order valence-electron chi connectivity index (χ2n) is 8.54. The van der Waals surface area contributed by atoms with E-state index in [4.69, 9.17) is 10.6 Å². The molecule has 2 atom stereocenters. The first-order chi connectivity index (χ1) is 16.5. The second kappa shape index (κ2) is 11.4. The number of carboxylic acid groups (broad SMARTS) is 1. The van der Waals surface area contributed by atoms with Crippen LogP contribution in [0.3, 0.4) is 0 Å². The zero-order valence-corrected chi connectivity index (χ0v) is 22.2. The van der Waals surface area contributed by atoms with Crippen molar-refractivity contribution in [2.24, 2.45) is 5.16 Å². The van der Waals surface area contributed by atoms with Gasteiger partial charge in [-0.25, -0.2) is 4.79 Å². The number of fused-ring (bicyclic) bond motifs is 1. The molecule has 12 nitrogen and oxygen atoms in total. The molecule has 0 radical (unpaired) electrons. The number of carbonyl (C=O) groups is 3. The number of quaternary nitrogens is 1. The van der Waals surface area contributed by atoms with Crippen LogP contribution in [-0.2, 0) is 19.2 Å². The molecule has 0 spiro atoms. The highest BCUT2D eigenvalue weighted by Gasteiger charge is 2.54. The number of nitrogens with one attached hydrogen (secondary N) is 1. The number of thioether (sulfide) groups is 2. The topological polar surface area (TPSA) is 160 Å². The molecule has 1 fully saturated rings. The van der Waals surface area contributed by atoms with Gasteiger partial charge in [-0.1, -0.05) is 5.16 Å². The van der Waals surface area contributed by atoms with Gasteiger partial charge < -0.3 is 25.5 Å². The third-order valence-corrected chi connectivity index (χ3v) is 7.48. The van der Waals surface area contributed by atoms with E-state index in [1.54, 1.807) is 24.8 Å². The summed E-state index contributed by atoms with van der Waals surface area (Å²) in [6.07, 6.45) is 1.75. The Balaban J connectivity index is 1.71. The van der Waals surface area contributed by atoms with Gasteiger partial charge in [-0.2, -0.15) is 9.36 Å². The number of aliphatic carboxylic acids is 1. The van der Waals surface area contributed by atoms with Gasteiger partial charge in [0.25, 0.3) is 11.8 Å². The van der Waals surface area contributed by atoms with Crippen LogP contribution in [0.1, 0.15) is 12.7 Å². The van der Waals surface area contributed by atoms with Crippen LogP contribution in [0.15, 0.2) is 27.9 Å². The Bertz CT molecular complexity index is 1080. The standard InChI is InChI=1S/C20H27N7O5S3/c1-5-32-24-12(15-23-20(21)35-25-15)16(28)22-13-17(29)26-14(19(30)31)11(10-34-18(13)26)6-8-33-9-7-27(2,3)4/h6,8,13,18H,5,7,9-10H2,1-4H3,(H3-,21,22,23,25,28,30,31)/p+1/t13?,18-/m1/s1. The summed E-state index contributed by atoms with van der Waals surface area (Å²) in [7, 11) is 6.31. The largest absolute Gasteiger partial charge is 0.477 e. The highest BCUT2D eigenvalue weighted by Crippen LogP contribution is 2.40. The maximum atomic E-state index is 12.9. The maximum absolute atomic E-state index is 12.9. The number of amides is 2. The molecule has 0 saturated carbocycles. The fraction of sp³-hybridized carbons (Fsp3) is 0.500. The predicted octanol–water partition coefficient (Wildman–Crippen LogP) is 0.553. The first-order valence-corrected chi connectivity index (χ1v) is 13.5. The molecule has 4 N–H and O–H groups in total. The normalized spacial score (nSPS) is 20.6. The average Bonchev–Trinajstić information content (AvgIpc) is 3.21. The lowest BCUT2D eigenvalue weighted by Crippen LogP contribution is -2.71. The molecule has 0 aromatic carbocycles. The van der Waals surface area contributed by atoms with Gasteiger partial charge in [0.2, 0.25) is 11.5 Å². The van der Waals surface area contributed by atoms with E-state index in [2.05, 4.69) is 41.0 Å². The number of nitrogens with zero attached hydrogens (tertiary/aromatic N) is 5. The van der Waals surface area contributed by atoms with Crippen molar-refractivity contribution in [2.75, 3.05) is 51.5 Å². The average molecular weight is 543 g/mol. The number of carboxylic acids is 1. The van der Waals surface area contributed by atoms with Crippen LogP contribution in [-0.4, -0.2) is 105 Å². The zero-order chi connectivity index (χ0) is 25.8. The summed E-state index contributed by atoms with van der Waals surface area (Å²) in [4.78, 5) is 48.0. The number of allylic oxidation sites excluding steroid dienone is 1. The molecule has 2 amide bonds. The van der Waals surface area contributed by atoms with Gasteiger partial charge in [-0.3, -0.25) is 14.5 Å². The molecule has 3 rings (SSSR count). The monoisotopic (exact) mass is 542 g/mol. The van der Waals surface area contributed by atoms with Crippen molar-refractivity contribution in [2.45, 2.75) is 18.3 Å². The summed E-state index contributed by atoms with van der Waals surface area (Å²) in [5.74, 6) is -1.16. The molecule has 35 heavy (non-hydrogen) atoms. The van der Waals surface area contributed by atoms with Gasteiger partial charge in [0, 0.05) is 23.0 Å². The van der Waals surface area contributed by atoms with Gasteiger partial charge >= 0.3 is 5.97 Å². The van der Waals surface area contributed by atoms with Crippen molar-refractivity contribution in [3.63, 3.8) is 0 Å². The lowest BCUT2D eigenvalue weighted by Gasteiger charge is -2.49. The molecular weight excluding hydrogens is 514 g/mol. The highest BCUT2D eigenvalue weighted by atomic mass is 32.2. The van der Waals surface area contributed by atoms with E-state index in [1.165, 1.54) is 16.7 Å². The minimum absolute atomic E-state index is 0.0142. The van der Waals surface area contributed by atoms with Crippen LogP contribution in [0.2, 0.25) is 0 Å². The lowest BCUT2D eigenvalue weighted by atomic mass is 10.0. The van der Waals surface area contributed by atoms with Gasteiger partial charge in [0.15, 0.2) is 5.13 Å². The quantitative estimate of drug-likeness (QED) is 0.118. The van der Waals surface area contributed by atoms with Gasteiger partial charge in [0.05, 0.1) is 27.7 Å². The number of oxime groups is 1. The van der Waals surface area contributed by atoms with Gasteiger partial charge in [0.1, 0.15) is 23.7 Å². The fourth-order valence-corrected chi connectivity index (χ4v) is 5.95. The summed E-state index contributed by atoms with van der Waals surface area (Å²) in [6.45, 7) is 2.87. The van der Waals surface area contributed by atoms with E-state index >= 15 is 0 Å². The number of rotatable bonds is 11. The molecule has 1 aromatic rings. The van der Waals surface area contributed by atoms with Crippen LogP contribution in [0.4, 0.5) is 5.13 Å². The number of β-lactam (4-membered cyclic amide) rings is 1. The summed E-state index contributed by atoms with van der Waals surface area (Å²) < 4.78 is 4.81. The molecule has 1 unspecified atom stereocenters. The second-order valence-corrected chi connectivity index (χ2v) is 11.4. The van der Waals surface area contributed by atoms with Crippen molar-refractivity contribution < 1.29 is 28.8 Å². The van der Waals surface area contributed by atoms with Crippen LogP contribution < -0.4 is 11.1 Å². The maximum Gasteiger partial charge on any atom is 0.352 e. The number of nitrogen functional groups attached to an aromatic ring is 1. The summed E-state index contributed by atoms with van der Waals surface area (Å²) >= 11 is 3.86. The van der Waals surface area contributed by atoms with Gasteiger partial charge in [-0.05, 0) is 24.0 Å². The van der Waals surface area contributed by atoms with Gasteiger partial charge in [-0.15, -0.1) is 23.5 Å². The summed E-state index contributed by atoms with van der Waals surface area (Å²) in [6, 6.07) is -0.922.